The van der Waals surface area contributed by atoms with Gasteiger partial charge in [0.25, 0.3) is 0 Å². The van der Waals surface area contributed by atoms with Gasteiger partial charge in [0.15, 0.2) is 11.5 Å². The maximum atomic E-state index is 13.4. The molecule has 7 heteroatoms. The van der Waals surface area contributed by atoms with Crippen LogP contribution < -0.4 is 19.5 Å². The second kappa shape index (κ2) is 11.3. The molecule has 1 amide bonds. The van der Waals surface area contributed by atoms with Crippen LogP contribution in [0.15, 0.2) is 79.5 Å². The Morgan fingerprint density at radius 2 is 2.03 bits per heavy atom. The van der Waals surface area contributed by atoms with Crippen LogP contribution in [-0.4, -0.2) is 24.6 Å². The van der Waals surface area contributed by atoms with Gasteiger partial charge in [0, 0.05) is 30.4 Å². The van der Waals surface area contributed by atoms with Crippen LogP contribution in [0.5, 0.6) is 23.1 Å². The van der Waals surface area contributed by atoms with Gasteiger partial charge >= 0.3 is 0 Å². The highest BCUT2D eigenvalue weighted by Gasteiger charge is 2.08. The van der Waals surface area contributed by atoms with Gasteiger partial charge in [-0.25, -0.2) is 9.37 Å². The van der Waals surface area contributed by atoms with Gasteiger partial charge in [0.05, 0.1) is 7.11 Å². The molecular formula is C25H23FN2O4. The number of carbonyl (C=O) groups excluding carboxylic acids is 1. The van der Waals surface area contributed by atoms with Gasteiger partial charge in [-0.2, -0.15) is 0 Å². The van der Waals surface area contributed by atoms with E-state index in [9.17, 15) is 9.18 Å². The third kappa shape index (κ3) is 6.43. The van der Waals surface area contributed by atoms with E-state index < -0.39 is 5.82 Å². The van der Waals surface area contributed by atoms with E-state index in [0.29, 0.717) is 35.3 Å². The predicted octanol–water partition coefficient (Wildman–Crippen LogP) is 4.92. The maximum absolute atomic E-state index is 13.4. The smallest absolute Gasteiger partial charge is 0.244 e. The van der Waals surface area contributed by atoms with E-state index in [1.807, 2.05) is 6.07 Å². The number of carbonyl (C=O) groups is 1. The minimum Gasteiger partial charge on any atom is -0.493 e. The van der Waals surface area contributed by atoms with Crippen molar-refractivity contribution in [3.05, 3.63) is 96.5 Å². The molecule has 2 aromatic carbocycles. The number of nitrogens with one attached hydrogen (secondary N) is 1. The summed E-state index contributed by atoms with van der Waals surface area (Å²) in [5, 5.41) is 2.79. The zero-order chi connectivity index (χ0) is 22.8. The van der Waals surface area contributed by atoms with Crippen molar-refractivity contribution in [2.75, 3.05) is 13.7 Å². The van der Waals surface area contributed by atoms with Crippen LogP contribution in [-0.2, 0) is 11.3 Å². The van der Waals surface area contributed by atoms with Crippen molar-refractivity contribution in [3.8, 4) is 23.1 Å². The first-order valence-electron chi connectivity index (χ1n) is 9.84. The topological polar surface area (TPSA) is 69.7 Å². The van der Waals surface area contributed by atoms with E-state index >= 15 is 0 Å². The van der Waals surface area contributed by atoms with Crippen LogP contribution in [0.4, 0.5) is 4.39 Å². The number of hydrogen-bond acceptors (Lipinski definition) is 5. The fraction of sp³-hybridized carbons (Fsp3) is 0.120. The third-order valence-corrected chi connectivity index (χ3v) is 4.29. The molecule has 32 heavy (non-hydrogen) atoms. The minimum atomic E-state index is -0.407. The maximum Gasteiger partial charge on any atom is 0.244 e. The molecule has 0 atom stereocenters. The Morgan fingerprint density at radius 3 is 2.81 bits per heavy atom. The molecule has 0 aliphatic rings. The zero-order valence-electron chi connectivity index (χ0n) is 17.6. The Kier molecular flexibility index (Phi) is 7.97. The first-order valence-corrected chi connectivity index (χ1v) is 9.84. The molecule has 0 unspecified atom stereocenters. The molecule has 6 nitrogen and oxygen atoms in total. The molecule has 0 saturated heterocycles. The SMILES string of the molecule is C=CCOc1ccc(/C=C/C(=O)NCc2cccnc2Oc2cccc(F)c2)cc1OC. The summed E-state index contributed by atoms with van der Waals surface area (Å²) in [6.07, 6.45) is 6.30. The number of hydrogen-bond donors (Lipinski definition) is 1. The number of aromatic nitrogens is 1. The van der Waals surface area contributed by atoms with Crippen molar-refractivity contribution in [2.45, 2.75) is 6.54 Å². The molecule has 1 heterocycles. The summed E-state index contributed by atoms with van der Waals surface area (Å²) in [6.45, 7) is 4.18. The second-order valence-electron chi connectivity index (χ2n) is 6.59. The number of ether oxygens (including phenoxy) is 3. The van der Waals surface area contributed by atoms with Crippen molar-refractivity contribution < 1.29 is 23.4 Å². The van der Waals surface area contributed by atoms with E-state index in [4.69, 9.17) is 14.2 Å². The van der Waals surface area contributed by atoms with Gasteiger partial charge < -0.3 is 19.5 Å². The van der Waals surface area contributed by atoms with Crippen LogP contribution in [0.25, 0.3) is 6.08 Å². The molecule has 0 radical (unpaired) electrons. The van der Waals surface area contributed by atoms with E-state index in [2.05, 4.69) is 16.9 Å². The fourth-order valence-electron chi connectivity index (χ4n) is 2.76. The molecule has 0 aliphatic carbocycles. The third-order valence-electron chi connectivity index (χ3n) is 4.29. The molecule has 0 aliphatic heterocycles. The highest BCUT2D eigenvalue weighted by Crippen LogP contribution is 2.28. The number of amides is 1. The van der Waals surface area contributed by atoms with Gasteiger partial charge in [-0.1, -0.05) is 30.9 Å². The predicted molar refractivity (Wildman–Crippen MR) is 120 cm³/mol. The summed E-state index contributed by atoms with van der Waals surface area (Å²) in [5.41, 5.74) is 1.43. The molecule has 3 aromatic rings. The van der Waals surface area contributed by atoms with Crippen molar-refractivity contribution in [1.82, 2.24) is 10.3 Å². The summed E-state index contributed by atoms with van der Waals surface area (Å²) < 4.78 is 29.9. The largest absolute Gasteiger partial charge is 0.493 e. The van der Waals surface area contributed by atoms with Gasteiger partial charge in [-0.05, 0) is 42.0 Å². The Balaban J connectivity index is 1.61. The number of rotatable bonds is 10. The lowest BCUT2D eigenvalue weighted by Gasteiger charge is -2.10. The number of benzene rings is 2. The molecule has 0 saturated carbocycles. The molecule has 0 fully saturated rings. The van der Waals surface area contributed by atoms with Crippen LogP contribution in [0.3, 0.4) is 0 Å². The number of halogens is 1. The number of methoxy groups -OCH3 is 1. The van der Waals surface area contributed by atoms with Crippen molar-refractivity contribution in [1.29, 1.82) is 0 Å². The Labute approximate surface area is 186 Å². The molecule has 3 rings (SSSR count). The van der Waals surface area contributed by atoms with Crippen molar-refractivity contribution >= 4 is 12.0 Å². The summed E-state index contributed by atoms with van der Waals surface area (Å²) >= 11 is 0. The average molecular weight is 434 g/mol. The Morgan fingerprint density at radius 1 is 1.16 bits per heavy atom. The average Bonchev–Trinajstić information content (AvgIpc) is 2.81. The van der Waals surface area contributed by atoms with Gasteiger partial charge in [0.2, 0.25) is 11.8 Å². The van der Waals surface area contributed by atoms with E-state index in [1.165, 1.54) is 18.2 Å². The Hall–Kier alpha value is -4.13. The van der Waals surface area contributed by atoms with E-state index in [1.54, 1.807) is 61.9 Å². The summed E-state index contributed by atoms with van der Waals surface area (Å²) in [7, 11) is 1.55. The standard InChI is InChI=1S/C25H23FN2O4/c1-3-14-31-22-11-9-18(15-23(22)30-2)10-12-24(29)28-17-19-6-5-13-27-25(19)32-21-8-4-7-20(26)16-21/h3-13,15-16H,1,14,17H2,2H3,(H,28,29)/b12-10+. The summed E-state index contributed by atoms with van der Waals surface area (Å²) in [4.78, 5) is 16.5. The van der Waals surface area contributed by atoms with Gasteiger partial charge in [-0.15, -0.1) is 0 Å². The molecule has 1 N–H and O–H groups in total. The Bertz CT molecular complexity index is 1110. The lowest BCUT2D eigenvalue weighted by atomic mass is 10.2. The van der Waals surface area contributed by atoms with E-state index in [0.717, 1.165) is 5.56 Å². The molecule has 0 bridgehead atoms. The van der Waals surface area contributed by atoms with Crippen LogP contribution in [0.1, 0.15) is 11.1 Å². The molecule has 1 aromatic heterocycles. The van der Waals surface area contributed by atoms with Gasteiger partial charge in [0.1, 0.15) is 18.2 Å². The van der Waals surface area contributed by atoms with E-state index in [-0.39, 0.29) is 12.5 Å². The van der Waals surface area contributed by atoms with Crippen LogP contribution in [0.2, 0.25) is 0 Å². The molecule has 0 spiro atoms. The quantitative estimate of drug-likeness (QED) is 0.362. The molecular weight excluding hydrogens is 411 g/mol. The van der Waals surface area contributed by atoms with Crippen molar-refractivity contribution in [3.63, 3.8) is 0 Å². The van der Waals surface area contributed by atoms with Gasteiger partial charge in [-0.3, -0.25) is 4.79 Å². The highest BCUT2D eigenvalue weighted by atomic mass is 19.1. The fourth-order valence-corrected chi connectivity index (χ4v) is 2.76. The lowest BCUT2D eigenvalue weighted by Crippen LogP contribution is -2.20. The monoisotopic (exact) mass is 434 g/mol. The summed E-state index contributed by atoms with van der Waals surface area (Å²) in [6, 6.07) is 14.6. The lowest BCUT2D eigenvalue weighted by molar-refractivity contribution is -0.116. The summed E-state index contributed by atoms with van der Waals surface area (Å²) in [5.74, 6) is 1.07. The highest BCUT2D eigenvalue weighted by molar-refractivity contribution is 5.91. The second-order valence-corrected chi connectivity index (χ2v) is 6.59. The molecule has 164 valence electrons. The first-order chi connectivity index (χ1) is 15.6. The first kappa shape index (κ1) is 22.6. The zero-order valence-corrected chi connectivity index (χ0v) is 17.6. The number of pyridine rings is 1. The normalized spacial score (nSPS) is 10.6. The minimum absolute atomic E-state index is 0.194. The van der Waals surface area contributed by atoms with Crippen LogP contribution >= 0.6 is 0 Å². The van der Waals surface area contributed by atoms with Crippen LogP contribution in [0, 0.1) is 5.82 Å². The van der Waals surface area contributed by atoms with Crippen molar-refractivity contribution in [2.24, 2.45) is 0 Å². The number of nitrogens with zero attached hydrogens (tertiary/aromatic N) is 1.